The van der Waals surface area contributed by atoms with Crippen molar-refractivity contribution in [3.63, 3.8) is 0 Å². The quantitative estimate of drug-likeness (QED) is 0.699. The molecular formula is C19H35N5O2. The molecule has 0 aromatic carbocycles. The Morgan fingerprint density at radius 1 is 0.923 bits per heavy atom. The van der Waals surface area contributed by atoms with Crippen LogP contribution in [0.5, 0.6) is 0 Å². The van der Waals surface area contributed by atoms with Gasteiger partial charge in [-0.2, -0.15) is 0 Å². The summed E-state index contributed by atoms with van der Waals surface area (Å²) in [5, 5.41) is 9.25. The molecule has 3 fully saturated rings. The predicted octanol–water partition coefficient (Wildman–Crippen LogP) is 2.44. The van der Waals surface area contributed by atoms with Crippen LogP contribution in [-0.2, 0) is 0 Å². The first-order valence-corrected chi connectivity index (χ1v) is 10.4. The Hall–Kier alpha value is -1.34. The maximum Gasteiger partial charge on any atom is 0.328 e. The summed E-state index contributed by atoms with van der Waals surface area (Å²) >= 11 is 0. The van der Waals surface area contributed by atoms with Crippen LogP contribution in [-0.4, -0.2) is 59.4 Å². The monoisotopic (exact) mass is 365 g/mol. The highest BCUT2D eigenvalue weighted by Gasteiger charge is 2.38. The third kappa shape index (κ3) is 4.49. The van der Waals surface area contributed by atoms with Crippen LogP contribution in [0.3, 0.4) is 0 Å². The van der Waals surface area contributed by atoms with Gasteiger partial charge in [0.25, 0.3) is 0 Å². The number of nitrogens with one attached hydrogen (secondary N) is 3. The molecular weight excluding hydrogens is 330 g/mol. The molecule has 0 aromatic rings. The molecule has 7 nitrogen and oxygen atoms in total. The summed E-state index contributed by atoms with van der Waals surface area (Å²) in [7, 11) is 0. The minimum Gasteiger partial charge on any atom is -0.305 e. The first-order valence-electron chi connectivity index (χ1n) is 10.4. The predicted molar refractivity (Wildman–Crippen MR) is 102 cm³/mol. The minimum atomic E-state index is -0.473. The third-order valence-corrected chi connectivity index (χ3v) is 6.35. The molecule has 1 saturated carbocycles. The number of carbonyl (C=O) groups excluding carboxylic acids is 2. The second kappa shape index (κ2) is 8.57. The summed E-state index contributed by atoms with van der Waals surface area (Å²) in [6, 6.07) is 0.230. The Morgan fingerprint density at radius 3 is 2.04 bits per heavy atom. The lowest BCUT2D eigenvalue weighted by Gasteiger charge is -2.42. The van der Waals surface area contributed by atoms with E-state index < -0.39 is 6.29 Å². The summed E-state index contributed by atoms with van der Waals surface area (Å²) in [4.78, 5) is 29.0. The van der Waals surface area contributed by atoms with E-state index >= 15 is 0 Å². The van der Waals surface area contributed by atoms with Crippen molar-refractivity contribution in [2.24, 2.45) is 5.92 Å². The SMILES string of the molecule is CC(C)N1CCC(N2C(=O)NC(N[C@@H](C)C3CCCCC3)NC2=O)CC1. The molecule has 7 heteroatoms. The molecule has 0 unspecified atom stereocenters. The maximum atomic E-state index is 12.6. The van der Waals surface area contributed by atoms with Crippen LogP contribution in [0.1, 0.15) is 65.7 Å². The van der Waals surface area contributed by atoms with E-state index in [0.717, 1.165) is 25.9 Å². The molecule has 2 heterocycles. The second-order valence-electron chi connectivity index (χ2n) is 8.42. The molecule has 0 bridgehead atoms. The molecule has 2 saturated heterocycles. The molecule has 1 aliphatic carbocycles. The Morgan fingerprint density at radius 2 is 1.50 bits per heavy atom. The van der Waals surface area contributed by atoms with Crippen LogP contribution in [0.2, 0.25) is 0 Å². The molecule has 1 atom stereocenters. The number of hydrogen-bond acceptors (Lipinski definition) is 4. The summed E-state index contributed by atoms with van der Waals surface area (Å²) in [6.07, 6.45) is 7.55. The molecule has 148 valence electrons. The zero-order valence-corrected chi connectivity index (χ0v) is 16.5. The smallest absolute Gasteiger partial charge is 0.305 e. The Labute approximate surface area is 157 Å². The molecule has 0 spiro atoms. The highest BCUT2D eigenvalue weighted by Crippen LogP contribution is 2.26. The average molecular weight is 366 g/mol. The third-order valence-electron chi connectivity index (χ3n) is 6.35. The molecule has 3 aliphatic rings. The summed E-state index contributed by atoms with van der Waals surface area (Å²) in [5.41, 5.74) is 0. The second-order valence-corrected chi connectivity index (χ2v) is 8.42. The van der Waals surface area contributed by atoms with Crippen molar-refractivity contribution in [3.05, 3.63) is 0 Å². The van der Waals surface area contributed by atoms with E-state index in [1.54, 1.807) is 0 Å². The van der Waals surface area contributed by atoms with Crippen molar-refractivity contribution in [2.75, 3.05) is 13.1 Å². The van der Waals surface area contributed by atoms with Crippen LogP contribution in [0.4, 0.5) is 9.59 Å². The zero-order chi connectivity index (χ0) is 18.7. The van der Waals surface area contributed by atoms with Crippen molar-refractivity contribution >= 4 is 12.1 Å². The maximum absolute atomic E-state index is 12.6. The number of carbonyl (C=O) groups is 2. The summed E-state index contributed by atoms with van der Waals surface area (Å²) in [5.74, 6) is 0.621. The Balaban J connectivity index is 1.51. The topological polar surface area (TPSA) is 76.7 Å². The lowest BCUT2D eigenvalue weighted by Crippen LogP contribution is -2.71. The van der Waals surface area contributed by atoms with Crippen LogP contribution in [0.25, 0.3) is 0 Å². The molecule has 0 aromatic heterocycles. The molecule has 2 aliphatic heterocycles. The number of rotatable bonds is 5. The molecule has 4 amide bonds. The first kappa shape index (κ1) is 19.4. The van der Waals surface area contributed by atoms with Crippen LogP contribution in [0, 0.1) is 5.92 Å². The first-order chi connectivity index (χ1) is 12.5. The van der Waals surface area contributed by atoms with Gasteiger partial charge in [0.1, 0.15) is 0 Å². The van der Waals surface area contributed by atoms with Gasteiger partial charge < -0.3 is 15.5 Å². The fourth-order valence-corrected chi connectivity index (χ4v) is 4.62. The number of nitrogens with zero attached hydrogens (tertiary/aromatic N) is 2. The minimum absolute atomic E-state index is 0.0123. The van der Waals surface area contributed by atoms with E-state index in [1.807, 2.05) is 0 Å². The van der Waals surface area contributed by atoms with Crippen LogP contribution < -0.4 is 16.0 Å². The van der Waals surface area contributed by atoms with E-state index in [2.05, 4.69) is 41.6 Å². The highest BCUT2D eigenvalue weighted by molar-refractivity contribution is 5.96. The summed E-state index contributed by atoms with van der Waals surface area (Å²) in [6.45, 7) is 8.39. The molecule has 26 heavy (non-hydrogen) atoms. The standard InChI is InChI=1S/C19H35N5O2/c1-13(2)23-11-9-16(10-12-23)24-18(25)21-17(22-19(24)26)20-14(3)15-7-5-4-6-8-15/h13-17,20H,4-12H2,1-3H3,(H,21,25)(H,22,26)/t14-/m0/s1. The van der Waals surface area contributed by atoms with Crippen molar-refractivity contribution in [3.8, 4) is 0 Å². The van der Waals surface area contributed by atoms with Gasteiger partial charge in [-0.15, -0.1) is 0 Å². The van der Waals surface area contributed by atoms with Gasteiger partial charge in [-0.3, -0.25) is 5.32 Å². The molecule has 3 N–H and O–H groups in total. The summed E-state index contributed by atoms with van der Waals surface area (Å²) < 4.78 is 0. The van der Waals surface area contributed by atoms with Gasteiger partial charge in [0, 0.05) is 31.2 Å². The van der Waals surface area contributed by atoms with Crippen molar-refractivity contribution in [2.45, 2.75) is 90.1 Å². The average Bonchev–Trinajstić information content (AvgIpc) is 2.62. The number of likely N-dealkylation sites (tertiary alicyclic amines) is 1. The largest absolute Gasteiger partial charge is 0.328 e. The zero-order valence-electron chi connectivity index (χ0n) is 16.5. The Bertz CT molecular complexity index is 480. The number of hydrogen-bond donors (Lipinski definition) is 3. The van der Waals surface area contributed by atoms with E-state index in [9.17, 15) is 9.59 Å². The number of urea groups is 2. The number of amides is 4. The van der Waals surface area contributed by atoms with Crippen LogP contribution in [0.15, 0.2) is 0 Å². The van der Waals surface area contributed by atoms with Gasteiger partial charge in [0.15, 0.2) is 6.29 Å². The van der Waals surface area contributed by atoms with Crippen molar-refractivity contribution in [1.29, 1.82) is 0 Å². The van der Waals surface area contributed by atoms with E-state index in [4.69, 9.17) is 0 Å². The lowest BCUT2D eigenvalue weighted by molar-refractivity contribution is 0.0982. The fourth-order valence-electron chi connectivity index (χ4n) is 4.62. The van der Waals surface area contributed by atoms with E-state index in [1.165, 1.54) is 37.0 Å². The van der Waals surface area contributed by atoms with Crippen molar-refractivity contribution in [1.82, 2.24) is 25.8 Å². The van der Waals surface area contributed by atoms with E-state index in [-0.39, 0.29) is 24.1 Å². The fraction of sp³-hybridized carbons (Fsp3) is 0.895. The van der Waals surface area contributed by atoms with Crippen molar-refractivity contribution < 1.29 is 9.59 Å². The molecule has 3 rings (SSSR count). The lowest BCUT2D eigenvalue weighted by atomic mass is 9.84. The van der Waals surface area contributed by atoms with Gasteiger partial charge in [0.05, 0.1) is 0 Å². The van der Waals surface area contributed by atoms with Gasteiger partial charge in [-0.25, -0.2) is 14.5 Å². The van der Waals surface area contributed by atoms with Crippen LogP contribution >= 0.6 is 0 Å². The number of piperidine rings is 1. The normalized spacial score (nSPS) is 26.1. The number of imide groups is 1. The highest BCUT2D eigenvalue weighted by atomic mass is 16.2. The van der Waals surface area contributed by atoms with Gasteiger partial charge in [-0.1, -0.05) is 19.3 Å². The van der Waals surface area contributed by atoms with Gasteiger partial charge >= 0.3 is 12.1 Å². The van der Waals surface area contributed by atoms with E-state index in [0.29, 0.717) is 12.0 Å². The van der Waals surface area contributed by atoms with Gasteiger partial charge in [0.2, 0.25) is 0 Å². The Kier molecular flexibility index (Phi) is 6.40. The molecule has 0 radical (unpaired) electrons. The van der Waals surface area contributed by atoms with Gasteiger partial charge in [-0.05, 0) is 52.4 Å².